The summed E-state index contributed by atoms with van der Waals surface area (Å²) >= 11 is 4.73. The maximum absolute atomic E-state index is 12.5. The van der Waals surface area contributed by atoms with Gasteiger partial charge < -0.3 is 10.1 Å². The normalized spacial score (nSPS) is 28.9. The highest BCUT2D eigenvalue weighted by Crippen LogP contribution is 2.61. The van der Waals surface area contributed by atoms with Crippen molar-refractivity contribution < 1.29 is 9.90 Å². The number of thiophene rings is 1. The number of nitrogens with zero attached hydrogens (tertiary/aromatic N) is 2. The standard InChI is InChI=1S/C17H20BrN3O3S/c1-16(2,3)17-5-4-8(7-17)11(21(17)15(23)24)13-19-9-6-10(18)25-12(9)14(22)20-13/h6,8,11H,4-5,7H2,1-3H3,(H,23,24)(H,19,20,22)/t8-,11-,17+/m0/s1. The lowest BCUT2D eigenvalue weighted by Gasteiger charge is -2.49. The Morgan fingerprint density at radius 3 is 2.88 bits per heavy atom. The SMILES string of the molecule is CC(C)(C)[C@@]12CC[C@@H](C1)[C@@H](c1nc3cc(Br)sc3c(=O)[nH]1)N2C(=O)O. The second-order valence-electron chi connectivity index (χ2n) is 8.10. The summed E-state index contributed by atoms with van der Waals surface area (Å²) in [6.07, 6.45) is 1.71. The van der Waals surface area contributed by atoms with Crippen LogP contribution in [0.2, 0.25) is 0 Å². The van der Waals surface area contributed by atoms with Crippen molar-refractivity contribution in [3.8, 4) is 0 Å². The van der Waals surface area contributed by atoms with E-state index in [0.717, 1.165) is 23.0 Å². The lowest BCUT2D eigenvalue weighted by molar-refractivity contribution is -0.00371. The van der Waals surface area contributed by atoms with Crippen molar-refractivity contribution in [2.24, 2.45) is 11.3 Å². The minimum Gasteiger partial charge on any atom is -0.465 e. The average Bonchev–Trinajstić information content (AvgIpc) is 3.16. The molecule has 8 heteroatoms. The summed E-state index contributed by atoms with van der Waals surface area (Å²) in [5.41, 5.74) is -0.163. The number of rotatable bonds is 1. The molecule has 3 heterocycles. The van der Waals surface area contributed by atoms with Gasteiger partial charge >= 0.3 is 6.09 Å². The van der Waals surface area contributed by atoms with E-state index in [2.05, 4.69) is 46.7 Å². The number of piperidine rings is 1. The van der Waals surface area contributed by atoms with E-state index >= 15 is 0 Å². The number of amides is 1. The van der Waals surface area contributed by atoms with E-state index in [1.54, 1.807) is 4.90 Å². The number of hydrogen-bond donors (Lipinski definition) is 2. The van der Waals surface area contributed by atoms with Gasteiger partial charge in [0.1, 0.15) is 10.5 Å². The maximum Gasteiger partial charge on any atom is 0.408 e. The molecule has 3 atom stereocenters. The number of likely N-dealkylation sites (tertiary alicyclic amines) is 1. The van der Waals surface area contributed by atoms with E-state index in [9.17, 15) is 14.7 Å². The summed E-state index contributed by atoms with van der Waals surface area (Å²) in [5.74, 6) is 0.666. The number of aromatic amines is 1. The van der Waals surface area contributed by atoms with E-state index < -0.39 is 11.6 Å². The molecule has 0 spiro atoms. The van der Waals surface area contributed by atoms with Gasteiger partial charge in [0.25, 0.3) is 5.56 Å². The zero-order chi connectivity index (χ0) is 18.1. The summed E-state index contributed by atoms with van der Waals surface area (Å²) < 4.78 is 1.40. The Kier molecular flexibility index (Phi) is 3.61. The number of hydrogen-bond acceptors (Lipinski definition) is 4. The molecule has 134 valence electrons. The Morgan fingerprint density at radius 1 is 1.52 bits per heavy atom. The van der Waals surface area contributed by atoms with E-state index in [4.69, 9.17) is 0 Å². The van der Waals surface area contributed by atoms with Gasteiger partial charge in [-0.25, -0.2) is 9.78 Å². The van der Waals surface area contributed by atoms with Gasteiger partial charge in [0.05, 0.1) is 20.9 Å². The van der Waals surface area contributed by atoms with Crippen molar-refractivity contribution in [2.75, 3.05) is 0 Å². The molecule has 1 saturated carbocycles. The first-order chi connectivity index (χ1) is 11.6. The minimum atomic E-state index is -0.934. The Labute approximate surface area is 157 Å². The van der Waals surface area contributed by atoms with Crippen LogP contribution in [0.3, 0.4) is 0 Å². The van der Waals surface area contributed by atoms with Gasteiger partial charge in [-0.15, -0.1) is 11.3 Å². The number of carboxylic acid groups (broad SMARTS) is 1. The van der Waals surface area contributed by atoms with Crippen LogP contribution >= 0.6 is 27.3 Å². The van der Waals surface area contributed by atoms with Gasteiger partial charge in [0.15, 0.2) is 0 Å². The smallest absolute Gasteiger partial charge is 0.408 e. The Morgan fingerprint density at radius 2 is 2.24 bits per heavy atom. The zero-order valence-electron chi connectivity index (χ0n) is 14.3. The van der Waals surface area contributed by atoms with Crippen LogP contribution in [0.15, 0.2) is 14.6 Å². The van der Waals surface area contributed by atoms with E-state index in [1.807, 2.05) is 6.07 Å². The fourth-order valence-corrected chi connectivity index (χ4v) is 6.21. The summed E-state index contributed by atoms with van der Waals surface area (Å²) in [7, 11) is 0. The highest BCUT2D eigenvalue weighted by atomic mass is 79.9. The molecule has 25 heavy (non-hydrogen) atoms. The lowest BCUT2D eigenvalue weighted by atomic mass is 9.72. The van der Waals surface area contributed by atoms with E-state index in [1.165, 1.54) is 11.3 Å². The Balaban J connectivity index is 1.88. The maximum atomic E-state index is 12.5. The molecule has 4 rings (SSSR count). The summed E-state index contributed by atoms with van der Waals surface area (Å²) in [4.78, 5) is 33.7. The number of aromatic nitrogens is 2. The van der Waals surface area contributed by atoms with Crippen LogP contribution in [0, 0.1) is 11.3 Å². The zero-order valence-corrected chi connectivity index (χ0v) is 16.7. The molecular formula is C17H20BrN3O3S. The quantitative estimate of drug-likeness (QED) is 0.709. The largest absolute Gasteiger partial charge is 0.465 e. The van der Waals surface area contributed by atoms with Crippen molar-refractivity contribution in [3.63, 3.8) is 0 Å². The van der Waals surface area contributed by atoms with Gasteiger partial charge in [0.2, 0.25) is 0 Å². The lowest BCUT2D eigenvalue weighted by Crippen LogP contribution is -2.56. The summed E-state index contributed by atoms with van der Waals surface area (Å²) in [6.45, 7) is 6.30. The molecule has 2 aliphatic rings. The van der Waals surface area contributed by atoms with Crippen molar-refractivity contribution in [1.29, 1.82) is 0 Å². The van der Waals surface area contributed by atoms with E-state index in [0.29, 0.717) is 16.0 Å². The molecule has 0 radical (unpaired) electrons. The first-order valence-electron chi connectivity index (χ1n) is 8.35. The van der Waals surface area contributed by atoms with Gasteiger partial charge in [-0.05, 0) is 52.6 Å². The molecule has 2 bridgehead atoms. The third-order valence-electron chi connectivity index (χ3n) is 5.97. The van der Waals surface area contributed by atoms with Crippen LogP contribution < -0.4 is 5.56 Å². The summed E-state index contributed by atoms with van der Waals surface area (Å²) in [5, 5.41) is 9.98. The van der Waals surface area contributed by atoms with Gasteiger partial charge in [-0.1, -0.05) is 20.8 Å². The van der Waals surface area contributed by atoms with Gasteiger partial charge in [-0.3, -0.25) is 9.69 Å². The monoisotopic (exact) mass is 425 g/mol. The predicted octanol–water partition coefficient (Wildman–Crippen LogP) is 4.37. The molecule has 2 N–H and O–H groups in total. The fraction of sp³-hybridized carbons (Fsp3) is 0.588. The predicted molar refractivity (Wildman–Crippen MR) is 100 cm³/mol. The van der Waals surface area contributed by atoms with Crippen molar-refractivity contribution in [1.82, 2.24) is 14.9 Å². The molecule has 2 aromatic heterocycles. The number of nitrogens with one attached hydrogen (secondary N) is 1. The Bertz CT molecular complexity index is 931. The second kappa shape index (κ2) is 5.30. The van der Waals surface area contributed by atoms with E-state index in [-0.39, 0.29) is 22.9 Å². The van der Waals surface area contributed by atoms with Crippen LogP contribution in [0.25, 0.3) is 10.2 Å². The molecule has 1 amide bonds. The Hall–Kier alpha value is -1.41. The number of fused-ring (bicyclic) bond motifs is 3. The minimum absolute atomic E-state index is 0.176. The average molecular weight is 426 g/mol. The third kappa shape index (κ3) is 2.30. The topological polar surface area (TPSA) is 86.3 Å². The van der Waals surface area contributed by atoms with Crippen molar-refractivity contribution in [3.05, 3.63) is 26.0 Å². The number of H-pyrrole nitrogens is 1. The van der Waals surface area contributed by atoms with Gasteiger partial charge in [-0.2, -0.15) is 0 Å². The van der Waals surface area contributed by atoms with Crippen LogP contribution in [0.5, 0.6) is 0 Å². The number of carbonyl (C=O) groups is 1. The highest BCUT2D eigenvalue weighted by molar-refractivity contribution is 9.11. The molecule has 2 aromatic rings. The molecule has 1 aliphatic heterocycles. The molecule has 1 saturated heterocycles. The van der Waals surface area contributed by atoms with Crippen molar-refractivity contribution in [2.45, 2.75) is 51.6 Å². The van der Waals surface area contributed by atoms with Crippen LogP contribution in [0.1, 0.15) is 51.9 Å². The third-order valence-corrected chi connectivity index (χ3v) is 7.59. The first kappa shape index (κ1) is 17.0. The molecule has 2 fully saturated rings. The molecule has 1 aliphatic carbocycles. The van der Waals surface area contributed by atoms with Crippen LogP contribution in [-0.4, -0.2) is 31.6 Å². The first-order valence-corrected chi connectivity index (χ1v) is 9.96. The molecular weight excluding hydrogens is 406 g/mol. The molecule has 0 aromatic carbocycles. The van der Waals surface area contributed by atoms with Crippen LogP contribution in [-0.2, 0) is 0 Å². The highest BCUT2D eigenvalue weighted by Gasteiger charge is 2.63. The fourth-order valence-electron chi connectivity index (χ4n) is 4.79. The second-order valence-corrected chi connectivity index (χ2v) is 10.5. The molecule has 6 nitrogen and oxygen atoms in total. The number of halogens is 1. The molecule has 0 unspecified atom stereocenters. The summed E-state index contributed by atoms with van der Waals surface area (Å²) in [6, 6.07) is 1.43. The van der Waals surface area contributed by atoms with Gasteiger partial charge in [0, 0.05) is 0 Å². The van der Waals surface area contributed by atoms with Crippen molar-refractivity contribution >= 4 is 43.6 Å². The van der Waals surface area contributed by atoms with Crippen LogP contribution in [0.4, 0.5) is 4.79 Å².